The quantitative estimate of drug-likeness (QED) is 0.588. The first-order valence-corrected chi connectivity index (χ1v) is 8.62. The van der Waals surface area contributed by atoms with E-state index in [4.69, 9.17) is 4.74 Å². The van der Waals surface area contributed by atoms with Crippen molar-refractivity contribution in [2.24, 2.45) is 5.92 Å². The lowest BCUT2D eigenvalue weighted by atomic mass is 9.85. The van der Waals surface area contributed by atoms with Gasteiger partial charge in [-0.05, 0) is 32.1 Å². The van der Waals surface area contributed by atoms with Crippen molar-refractivity contribution in [3.63, 3.8) is 0 Å². The number of nitrogens with one attached hydrogen (secondary N) is 1. The van der Waals surface area contributed by atoms with E-state index in [1.165, 1.54) is 57.8 Å². The van der Waals surface area contributed by atoms with Crippen LogP contribution in [0.3, 0.4) is 0 Å². The minimum absolute atomic E-state index is 0.538. The van der Waals surface area contributed by atoms with Crippen molar-refractivity contribution < 1.29 is 4.74 Å². The molecule has 2 nitrogen and oxygen atoms in total. The first-order valence-electron chi connectivity index (χ1n) is 8.62. The van der Waals surface area contributed by atoms with Gasteiger partial charge < -0.3 is 10.1 Å². The van der Waals surface area contributed by atoms with Crippen LogP contribution in [-0.2, 0) is 4.74 Å². The Morgan fingerprint density at radius 2 is 1.95 bits per heavy atom. The highest BCUT2D eigenvalue weighted by Gasteiger charge is 2.23. The van der Waals surface area contributed by atoms with Crippen LogP contribution in [0.5, 0.6) is 0 Å². The molecule has 19 heavy (non-hydrogen) atoms. The highest BCUT2D eigenvalue weighted by molar-refractivity contribution is 4.75. The normalized spacial score (nSPS) is 25.4. The van der Waals surface area contributed by atoms with E-state index >= 15 is 0 Å². The molecule has 1 aliphatic carbocycles. The Kier molecular flexibility index (Phi) is 9.54. The lowest BCUT2D eigenvalue weighted by Gasteiger charge is -2.31. The van der Waals surface area contributed by atoms with E-state index in [1.807, 2.05) is 0 Å². The molecule has 0 spiro atoms. The summed E-state index contributed by atoms with van der Waals surface area (Å²) in [6.07, 6.45) is 12.6. The molecule has 0 heterocycles. The van der Waals surface area contributed by atoms with Crippen LogP contribution in [0, 0.1) is 5.92 Å². The van der Waals surface area contributed by atoms with Crippen LogP contribution in [0.2, 0.25) is 0 Å². The van der Waals surface area contributed by atoms with Gasteiger partial charge in [0.05, 0.1) is 12.7 Å². The fraction of sp³-hybridized carbons (Fsp3) is 1.00. The highest BCUT2D eigenvalue weighted by atomic mass is 16.5. The summed E-state index contributed by atoms with van der Waals surface area (Å²) < 4.78 is 6.10. The standard InChI is InChI=1S/C17H35NO/c1-4-6-7-10-15(3)18-13-14-19-17-12-9-8-11-16(17)5-2/h15-18H,4-14H2,1-3H3. The molecule has 1 N–H and O–H groups in total. The van der Waals surface area contributed by atoms with Crippen molar-refractivity contribution in [3.8, 4) is 0 Å². The fourth-order valence-electron chi connectivity index (χ4n) is 3.18. The topological polar surface area (TPSA) is 21.3 Å². The molecule has 0 aromatic carbocycles. The van der Waals surface area contributed by atoms with Gasteiger partial charge in [0.15, 0.2) is 0 Å². The van der Waals surface area contributed by atoms with Gasteiger partial charge >= 0.3 is 0 Å². The Morgan fingerprint density at radius 3 is 2.68 bits per heavy atom. The predicted molar refractivity (Wildman–Crippen MR) is 83.6 cm³/mol. The average Bonchev–Trinajstić information content (AvgIpc) is 2.44. The summed E-state index contributed by atoms with van der Waals surface area (Å²) in [4.78, 5) is 0. The molecule has 0 saturated heterocycles. The summed E-state index contributed by atoms with van der Waals surface area (Å²) in [5.41, 5.74) is 0. The van der Waals surface area contributed by atoms with Gasteiger partial charge in [-0.3, -0.25) is 0 Å². The van der Waals surface area contributed by atoms with E-state index in [-0.39, 0.29) is 0 Å². The second-order valence-electron chi connectivity index (χ2n) is 6.21. The van der Waals surface area contributed by atoms with Gasteiger partial charge in [-0.15, -0.1) is 0 Å². The summed E-state index contributed by atoms with van der Waals surface area (Å²) in [7, 11) is 0. The Bertz CT molecular complexity index is 207. The van der Waals surface area contributed by atoms with Crippen molar-refractivity contribution in [3.05, 3.63) is 0 Å². The maximum Gasteiger partial charge on any atom is 0.0603 e. The van der Waals surface area contributed by atoms with Gasteiger partial charge in [-0.25, -0.2) is 0 Å². The highest BCUT2D eigenvalue weighted by Crippen LogP contribution is 2.28. The second-order valence-corrected chi connectivity index (χ2v) is 6.21. The van der Waals surface area contributed by atoms with Crippen molar-refractivity contribution >= 4 is 0 Å². The summed E-state index contributed by atoms with van der Waals surface area (Å²) in [5.74, 6) is 0.815. The largest absolute Gasteiger partial charge is 0.377 e. The Morgan fingerprint density at radius 1 is 1.16 bits per heavy atom. The molecule has 3 unspecified atom stereocenters. The van der Waals surface area contributed by atoms with E-state index in [1.54, 1.807) is 0 Å². The summed E-state index contributed by atoms with van der Waals surface area (Å²) >= 11 is 0. The van der Waals surface area contributed by atoms with E-state index < -0.39 is 0 Å². The second kappa shape index (κ2) is 10.7. The SMILES string of the molecule is CCCCCC(C)NCCOC1CCCCC1CC. The number of unbranched alkanes of at least 4 members (excludes halogenated alkanes) is 2. The predicted octanol–water partition coefficient (Wildman–Crippen LogP) is 4.53. The average molecular weight is 269 g/mol. The summed E-state index contributed by atoms with van der Waals surface area (Å²) in [6.45, 7) is 8.77. The molecule has 0 aromatic rings. The van der Waals surface area contributed by atoms with Crippen LogP contribution in [0.4, 0.5) is 0 Å². The van der Waals surface area contributed by atoms with Crippen LogP contribution in [0.25, 0.3) is 0 Å². The molecule has 0 bridgehead atoms. The summed E-state index contributed by atoms with van der Waals surface area (Å²) in [6, 6.07) is 0.642. The van der Waals surface area contributed by atoms with Crippen LogP contribution in [0.1, 0.15) is 78.6 Å². The Hall–Kier alpha value is -0.0800. The molecular weight excluding hydrogens is 234 g/mol. The fourth-order valence-corrected chi connectivity index (χ4v) is 3.18. The van der Waals surface area contributed by atoms with Gasteiger partial charge in [-0.2, -0.15) is 0 Å². The zero-order valence-corrected chi connectivity index (χ0v) is 13.4. The lowest BCUT2D eigenvalue weighted by Crippen LogP contribution is -2.33. The van der Waals surface area contributed by atoms with Gasteiger partial charge in [0.2, 0.25) is 0 Å². The van der Waals surface area contributed by atoms with E-state index in [0.29, 0.717) is 12.1 Å². The third-order valence-corrected chi connectivity index (χ3v) is 4.53. The molecule has 0 amide bonds. The van der Waals surface area contributed by atoms with Gasteiger partial charge in [0.1, 0.15) is 0 Å². The zero-order chi connectivity index (χ0) is 13.9. The van der Waals surface area contributed by atoms with Crippen molar-refractivity contribution in [1.29, 1.82) is 0 Å². The molecule has 3 atom stereocenters. The molecular formula is C17H35NO. The van der Waals surface area contributed by atoms with Crippen LogP contribution < -0.4 is 5.32 Å². The van der Waals surface area contributed by atoms with Gasteiger partial charge in [-0.1, -0.05) is 52.4 Å². The molecule has 1 rings (SSSR count). The number of hydrogen-bond acceptors (Lipinski definition) is 2. The van der Waals surface area contributed by atoms with E-state index in [2.05, 4.69) is 26.1 Å². The first kappa shape index (κ1) is 17.0. The number of ether oxygens (including phenoxy) is 1. The first-order chi connectivity index (χ1) is 9.27. The smallest absolute Gasteiger partial charge is 0.0603 e. The molecule has 1 saturated carbocycles. The maximum absolute atomic E-state index is 6.10. The minimum Gasteiger partial charge on any atom is -0.377 e. The van der Waals surface area contributed by atoms with E-state index in [9.17, 15) is 0 Å². The molecule has 1 aliphatic rings. The van der Waals surface area contributed by atoms with Crippen LogP contribution in [0.15, 0.2) is 0 Å². The summed E-state index contributed by atoms with van der Waals surface area (Å²) in [5, 5.41) is 3.59. The Labute approximate surface area is 120 Å². The minimum atomic E-state index is 0.538. The van der Waals surface area contributed by atoms with Gasteiger partial charge in [0.25, 0.3) is 0 Å². The Balaban J connectivity index is 2.02. The monoisotopic (exact) mass is 269 g/mol. The zero-order valence-electron chi connectivity index (χ0n) is 13.4. The van der Waals surface area contributed by atoms with Crippen molar-refractivity contribution in [1.82, 2.24) is 5.32 Å². The number of hydrogen-bond donors (Lipinski definition) is 1. The van der Waals surface area contributed by atoms with Gasteiger partial charge in [0, 0.05) is 12.6 Å². The molecule has 0 aromatic heterocycles. The van der Waals surface area contributed by atoms with Crippen molar-refractivity contribution in [2.75, 3.05) is 13.2 Å². The third-order valence-electron chi connectivity index (χ3n) is 4.53. The molecule has 2 heteroatoms. The third kappa shape index (κ3) is 7.31. The molecule has 0 aliphatic heterocycles. The van der Waals surface area contributed by atoms with Crippen LogP contribution in [-0.4, -0.2) is 25.3 Å². The lowest BCUT2D eigenvalue weighted by molar-refractivity contribution is -0.0108. The molecule has 0 radical (unpaired) electrons. The number of rotatable bonds is 10. The van der Waals surface area contributed by atoms with E-state index in [0.717, 1.165) is 19.1 Å². The van der Waals surface area contributed by atoms with Crippen molar-refractivity contribution in [2.45, 2.75) is 90.7 Å². The van der Waals surface area contributed by atoms with Crippen LogP contribution >= 0.6 is 0 Å². The molecule has 114 valence electrons. The molecule has 1 fully saturated rings. The maximum atomic E-state index is 6.10.